The van der Waals surface area contributed by atoms with E-state index in [1.165, 1.54) is 36.7 Å². The molecule has 1 fully saturated rings. The van der Waals surface area contributed by atoms with Crippen molar-refractivity contribution in [1.82, 2.24) is 4.31 Å². The molecule has 1 aliphatic heterocycles. The summed E-state index contributed by atoms with van der Waals surface area (Å²) in [5.74, 6) is -0.331. The lowest BCUT2D eigenvalue weighted by Crippen LogP contribution is -2.48. The molecule has 0 N–H and O–H groups in total. The molecule has 2 aromatic carbocycles. The first-order valence-electron chi connectivity index (χ1n) is 9.04. The van der Waals surface area contributed by atoms with E-state index in [9.17, 15) is 21.2 Å². The largest absolute Gasteiger partial charge is 0.495 e. The van der Waals surface area contributed by atoms with Gasteiger partial charge in [0.1, 0.15) is 27.1 Å². The van der Waals surface area contributed by atoms with Gasteiger partial charge in [0.2, 0.25) is 10.0 Å². The van der Waals surface area contributed by atoms with Crippen molar-refractivity contribution in [3.05, 3.63) is 42.2 Å². The predicted molar refractivity (Wildman–Crippen MR) is 110 cm³/mol. The fourth-order valence-corrected chi connectivity index (χ4v) is 5.81. The Labute approximate surface area is 175 Å². The third-order valence-electron chi connectivity index (χ3n) is 4.90. The van der Waals surface area contributed by atoms with Crippen molar-refractivity contribution in [3.63, 3.8) is 0 Å². The minimum Gasteiger partial charge on any atom is -0.495 e. The molecule has 11 heteroatoms. The Morgan fingerprint density at radius 2 is 1.37 bits per heavy atom. The van der Waals surface area contributed by atoms with Gasteiger partial charge in [-0.15, -0.1) is 0 Å². The quantitative estimate of drug-likeness (QED) is 0.651. The number of ether oxygens (including phenoxy) is 2. The van der Waals surface area contributed by atoms with Crippen LogP contribution in [0.3, 0.4) is 0 Å². The van der Waals surface area contributed by atoms with E-state index in [0.29, 0.717) is 13.1 Å². The molecular formula is C19H23FN2O6S2. The van der Waals surface area contributed by atoms with E-state index < -0.39 is 19.9 Å². The monoisotopic (exact) mass is 458 g/mol. The molecule has 1 aliphatic rings. The number of methoxy groups -OCH3 is 2. The Morgan fingerprint density at radius 1 is 0.833 bits per heavy atom. The average molecular weight is 459 g/mol. The lowest BCUT2D eigenvalue weighted by Gasteiger charge is -2.35. The van der Waals surface area contributed by atoms with E-state index in [2.05, 4.69) is 0 Å². The zero-order chi connectivity index (χ0) is 22.1. The molecule has 0 bridgehead atoms. The molecule has 2 aromatic rings. The summed E-state index contributed by atoms with van der Waals surface area (Å²) in [6.07, 6.45) is 0.981. The van der Waals surface area contributed by atoms with E-state index in [0.717, 1.165) is 18.0 Å². The molecule has 0 aromatic heterocycles. The zero-order valence-electron chi connectivity index (χ0n) is 16.8. The van der Waals surface area contributed by atoms with Crippen molar-refractivity contribution in [2.24, 2.45) is 0 Å². The summed E-state index contributed by atoms with van der Waals surface area (Å²) in [7, 11) is -5.15. The molecule has 0 atom stereocenters. The molecule has 0 spiro atoms. The fraction of sp³-hybridized carbons (Fsp3) is 0.368. The van der Waals surface area contributed by atoms with Gasteiger partial charge in [0.25, 0.3) is 0 Å². The molecule has 164 valence electrons. The highest BCUT2D eigenvalue weighted by Gasteiger charge is 2.33. The van der Waals surface area contributed by atoms with Gasteiger partial charge >= 0.3 is 0 Å². The number of hydrogen-bond acceptors (Lipinski definition) is 7. The minimum absolute atomic E-state index is 0.000198. The number of nitrogens with zero attached hydrogens (tertiary/aromatic N) is 2. The average Bonchev–Trinajstić information content (AvgIpc) is 2.72. The van der Waals surface area contributed by atoms with Crippen LogP contribution in [0.25, 0.3) is 0 Å². The fourth-order valence-electron chi connectivity index (χ4n) is 3.31. The number of rotatable bonds is 6. The lowest BCUT2D eigenvalue weighted by molar-refractivity contribution is 0.366. The van der Waals surface area contributed by atoms with Crippen molar-refractivity contribution < 1.29 is 30.7 Å². The van der Waals surface area contributed by atoms with Crippen LogP contribution in [-0.2, 0) is 19.9 Å². The highest BCUT2D eigenvalue weighted by molar-refractivity contribution is 7.91. The van der Waals surface area contributed by atoms with Crippen LogP contribution in [0.2, 0.25) is 0 Å². The zero-order valence-corrected chi connectivity index (χ0v) is 18.5. The molecule has 0 aliphatic carbocycles. The molecule has 0 saturated carbocycles. The lowest BCUT2D eigenvalue weighted by atomic mass is 10.2. The van der Waals surface area contributed by atoms with Gasteiger partial charge in [-0.3, -0.25) is 0 Å². The predicted octanol–water partition coefficient (Wildman–Crippen LogP) is 1.76. The maximum atomic E-state index is 13.3. The van der Waals surface area contributed by atoms with Crippen molar-refractivity contribution in [2.75, 3.05) is 51.6 Å². The minimum atomic E-state index is -4.02. The second-order valence-electron chi connectivity index (χ2n) is 6.79. The molecule has 0 radical (unpaired) electrons. The van der Waals surface area contributed by atoms with Gasteiger partial charge in [-0.1, -0.05) is 0 Å². The standard InChI is InChI=1S/C19H23FN2O6S2/c1-27-16-12-17(28-2)19(13-18(16)29(3,23)24)30(25,26)22-10-8-21(9-11-22)15-6-4-14(20)5-7-15/h4-7,12-13H,8-11H2,1-3H3. The maximum Gasteiger partial charge on any atom is 0.246 e. The smallest absolute Gasteiger partial charge is 0.246 e. The second-order valence-corrected chi connectivity index (χ2v) is 10.7. The molecule has 30 heavy (non-hydrogen) atoms. The van der Waals surface area contributed by atoms with Gasteiger partial charge in [-0.25, -0.2) is 21.2 Å². The third kappa shape index (κ3) is 4.37. The summed E-state index contributed by atoms with van der Waals surface area (Å²) in [6, 6.07) is 8.34. The molecule has 1 heterocycles. The van der Waals surface area contributed by atoms with Crippen molar-refractivity contribution in [2.45, 2.75) is 9.79 Å². The first kappa shape index (κ1) is 22.3. The number of anilines is 1. The number of sulfonamides is 1. The van der Waals surface area contributed by atoms with Crippen LogP contribution < -0.4 is 14.4 Å². The van der Waals surface area contributed by atoms with Crippen LogP contribution in [-0.4, -0.2) is 67.8 Å². The van der Waals surface area contributed by atoms with E-state index in [4.69, 9.17) is 9.47 Å². The van der Waals surface area contributed by atoms with Crippen molar-refractivity contribution >= 4 is 25.5 Å². The normalized spacial score (nSPS) is 15.8. The Bertz CT molecular complexity index is 1130. The SMILES string of the molecule is COc1cc(OC)c(S(=O)(=O)N2CCN(c3ccc(F)cc3)CC2)cc1S(C)(=O)=O. The van der Waals surface area contributed by atoms with Gasteiger partial charge in [0.05, 0.1) is 14.2 Å². The Morgan fingerprint density at radius 3 is 1.87 bits per heavy atom. The number of benzene rings is 2. The van der Waals surface area contributed by atoms with Crippen molar-refractivity contribution in [1.29, 1.82) is 0 Å². The van der Waals surface area contributed by atoms with E-state index >= 15 is 0 Å². The summed E-state index contributed by atoms with van der Waals surface area (Å²) in [5, 5.41) is 0. The van der Waals surface area contributed by atoms with Gasteiger partial charge in [0, 0.05) is 44.2 Å². The summed E-state index contributed by atoms with van der Waals surface area (Å²) < 4.78 is 75.5. The number of hydrogen-bond donors (Lipinski definition) is 0. The molecule has 0 unspecified atom stereocenters. The molecule has 1 saturated heterocycles. The van der Waals surface area contributed by atoms with Gasteiger partial charge in [0.15, 0.2) is 9.84 Å². The summed E-state index contributed by atoms with van der Waals surface area (Å²) >= 11 is 0. The number of halogens is 1. The van der Waals surface area contributed by atoms with Crippen LogP contribution >= 0.6 is 0 Å². The first-order valence-corrected chi connectivity index (χ1v) is 12.4. The van der Waals surface area contributed by atoms with E-state index in [1.54, 1.807) is 12.1 Å². The van der Waals surface area contributed by atoms with E-state index in [-0.39, 0.29) is 40.2 Å². The Hall–Kier alpha value is -2.37. The third-order valence-corrected chi connectivity index (χ3v) is 7.94. The topological polar surface area (TPSA) is 93.2 Å². The molecule has 3 rings (SSSR count). The molecular weight excluding hydrogens is 435 g/mol. The van der Waals surface area contributed by atoms with Crippen LogP contribution in [0, 0.1) is 5.82 Å². The van der Waals surface area contributed by atoms with Gasteiger partial charge in [-0.2, -0.15) is 4.31 Å². The summed E-state index contributed by atoms with van der Waals surface area (Å²) in [6.45, 7) is 1.18. The van der Waals surface area contributed by atoms with Crippen LogP contribution in [0.15, 0.2) is 46.2 Å². The molecule has 8 nitrogen and oxygen atoms in total. The highest BCUT2D eigenvalue weighted by atomic mass is 32.2. The van der Waals surface area contributed by atoms with Crippen LogP contribution in [0.4, 0.5) is 10.1 Å². The number of sulfone groups is 1. The van der Waals surface area contributed by atoms with Gasteiger partial charge < -0.3 is 14.4 Å². The van der Waals surface area contributed by atoms with Crippen LogP contribution in [0.5, 0.6) is 11.5 Å². The molecule has 0 amide bonds. The number of piperazine rings is 1. The van der Waals surface area contributed by atoms with Gasteiger partial charge in [-0.05, 0) is 30.3 Å². The summed E-state index contributed by atoms with van der Waals surface area (Å²) in [4.78, 5) is 1.49. The maximum absolute atomic E-state index is 13.3. The van der Waals surface area contributed by atoms with Crippen LogP contribution in [0.1, 0.15) is 0 Å². The first-order chi connectivity index (χ1) is 14.1. The summed E-state index contributed by atoms with van der Waals surface area (Å²) in [5.41, 5.74) is 0.801. The Balaban J connectivity index is 1.91. The van der Waals surface area contributed by atoms with Crippen molar-refractivity contribution in [3.8, 4) is 11.5 Å². The van der Waals surface area contributed by atoms with E-state index in [1.807, 2.05) is 4.90 Å². The highest BCUT2D eigenvalue weighted by Crippen LogP contribution is 2.36. The second kappa shape index (κ2) is 8.40. The Kier molecular flexibility index (Phi) is 6.25.